The van der Waals surface area contributed by atoms with Crippen molar-refractivity contribution in [3.05, 3.63) is 82.2 Å². The number of carboxylic acids is 1. The second-order valence-corrected chi connectivity index (χ2v) is 7.06. The molecule has 1 aliphatic rings. The summed E-state index contributed by atoms with van der Waals surface area (Å²) >= 11 is 5.95. The maximum absolute atomic E-state index is 12.7. The zero-order valence-corrected chi connectivity index (χ0v) is 16.4. The van der Waals surface area contributed by atoms with Crippen molar-refractivity contribution in [1.82, 2.24) is 5.32 Å². The number of carboxylic acid groups (broad SMARTS) is 1. The molecule has 0 bridgehead atoms. The number of carbonyl (C=O) groups excluding carboxylic acids is 3. The maximum Gasteiger partial charge on any atom is 0.333 e. The van der Waals surface area contributed by atoms with E-state index in [4.69, 9.17) is 16.0 Å². The van der Waals surface area contributed by atoms with E-state index in [9.17, 15) is 19.5 Å². The maximum atomic E-state index is 12.7. The molecule has 0 radical (unpaired) electrons. The highest BCUT2D eigenvalue weighted by atomic mass is 35.5. The summed E-state index contributed by atoms with van der Waals surface area (Å²) in [6, 6.07) is 13.6. The highest BCUT2D eigenvalue weighted by Gasteiger charge is 2.35. The summed E-state index contributed by atoms with van der Waals surface area (Å²) in [5.74, 6) is -1.09. The van der Waals surface area contributed by atoms with Crippen molar-refractivity contribution < 1.29 is 23.9 Å². The SMILES string of the molecule is Cc1ccc(C(=O)[O-])cc1-c1ccc(/C=C2/NC(=O)N(c3cccc(Cl)c3)C2=O)o1. The summed E-state index contributed by atoms with van der Waals surface area (Å²) in [4.78, 5) is 37.1. The second kappa shape index (κ2) is 7.53. The van der Waals surface area contributed by atoms with Crippen LogP contribution in [0.2, 0.25) is 5.02 Å². The van der Waals surface area contributed by atoms with Gasteiger partial charge in [0.05, 0.1) is 11.7 Å². The number of anilines is 1. The van der Waals surface area contributed by atoms with Gasteiger partial charge in [0.25, 0.3) is 5.91 Å². The zero-order valence-electron chi connectivity index (χ0n) is 15.6. The predicted octanol–water partition coefficient (Wildman–Crippen LogP) is 3.37. The fourth-order valence-corrected chi connectivity index (χ4v) is 3.30. The molecule has 0 unspecified atom stereocenters. The molecule has 0 spiro atoms. The lowest BCUT2D eigenvalue weighted by Gasteiger charge is -2.11. The van der Waals surface area contributed by atoms with E-state index >= 15 is 0 Å². The quantitative estimate of drug-likeness (QED) is 0.514. The van der Waals surface area contributed by atoms with Gasteiger partial charge in [0, 0.05) is 16.7 Å². The minimum Gasteiger partial charge on any atom is -0.545 e. The first-order valence-corrected chi connectivity index (χ1v) is 9.26. The van der Waals surface area contributed by atoms with Crippen LogP contribution in [-0.2, 0) is 4.79 Å². The molecular formula is C22H14ClN2O5-. The predicted molar refractivity (Wildman–Crippen MR) is 109 cm³/mol. The molecule has 3 amide bonds. The van der Waals surface area contributed by atoms with Crippen molar-refractivity contribution in [2.75, 3.05) is 4.90 Å². The number of furan rings is 1. The summed E-state index contributed by atoms with van der Waals surface area (Å²) in [7, 11) is 0. The van der Waals surface area contributed by atoms with E-state index in [0.717, 1.165) is 10.5 Å². The van der Waals surface area contributed by atoms with E-state index in [2.05, 4.69) is 5.32 Å². The Balaban J connectivity index is 1.64. The number of hydrogen-bond acceptors (Lipinski definition) is 5. The molecule has 3 aromatic rings. The number of carbonyl (C=O) groups is 3. The number of aromatic carboxylic acids is 1. The standard InChI is InChI=1S/C22H15ClN2O5/c1-12-5-6-13(21(27)28)9-17(12)19-8-7-16(30-19)11-18-20(26)25(22(29)24-18)15-4-2-3-14(23)10-15/h2-11H,1H3,(H,24,29)(H,27,28)/p-1/b18-11+. The van der Waals surface area contributed by atoms with Crippen LogP contribution in [-0.4, -0.2) is 17.9 Å². The van der Waals surface area contributed by atoms with Gasteiger partial charge in [-0.15, -0.1) is 0 Å². The van der Waals surface area contributed by atoms with Crippen molar-refractivity contribution in [3.8, 4) is 11.3 Å². The van der Waals surface area contributed by atoms with Gasteiger partial charge in [0.15, 0.2) is 0 Å². The summed E-state index contributed by atoms with van der Waals surface area (Å²) in [5, 5.41) is 14.0. The first-order valence-electron chi connectivity index (χ1n) is 8.88. The molecule has 7 nitrogen and oxygen atoms in total. The minimum atomic E-state index is -1.29. The smallest absolute Gasteiger partial charge is 0.333 e. The molecular weight excluding hydrogens is 408 g/mol. The van der Waals surface area contributed by atoms with Gasteiger partial charge in [0.2, 0.25) is 0 Å². The Hall–Kier alpha value is -3.84. The molecule has 2 aromatic carbocycles. The van der Waals surface area contributed by atoms with Gasteiger partial charge in [-0.2, -0.15) is 0 Å². The van der Waals surface area contributed by atoms with Gasteiger partial charge in [-0.3, -0.25) is 4.79 Å². The Morgan fingerprint density at radius 2 is 1.93 bits per heavy atom. The van der Waals surface area contributed by atoms with E-state index in [0.29, 0.717) is 27.8 Å². The lowest BCUT2D eigenvalue weighted by molar-refractivity contribution is -0.255. The number of hydrogen-bond donors (Lipinski definition) is 1. The van der Waals surface area contributed by atoms with Gasteiger partial charge in [-0.1, -0.05) is 29.8 Å². The monoisotopic (exact) mass is 421 g/mol. The van der Waals surface area contributed by atoms with Gasteiger partial charge in [-0.05, 0) is 54.4 Å². The molecule has 1 fully saturated rings. The normalized spacial score (nSPS) is 15.0. The summed E-state index contributed by atoms with van der Waals surface area (Å²) in [6.45, 7) is 1.82. The first-order chi connectivity index (χ1) is 14.3. The van der Waals surface area contributed by atoms with Crippen LogP contribution in [0.5, 0.6) is 0 Å². The molecule has 2 heterocycles. The van der Waals surface area contributed by atoms with Crippen LogP contribution in [0.1, 0.15) is 21.7 Å². The van der Waals surface area contributed by atoms with Crippen LogP contribution in [0, 0.1) is 6.92 Å². The van der Waals surface area contributed by atoms with Crippen molar-refractivity contribution in [2.45, 2.75) is 6.92 Å². The van der Waals surface area contributed by atoms with Crippen LogP contribution in [0.3, 0.4) is 0 Å². The molecule has 0 aliphatic carbocycles. The third-order valence-corrected chi connectivity index (χ3v) is 4.83. The number of nitrogens with one attached hydrogen (secondary N) is 1. The second-order valence-electron chi connectivity index (χ2n) is 6.63. The van der Waals surface area contributed by atoms with Crippen LogP contribution in [0.25, 0.3) is 17.4 Å². The lowest BCUT2D eigenvalue weighted by Crippen LogP contribution is -2.30. The number of aryl methyl sites for hydroxylation is 1. The molecule has 8 heteroatoms. The molecule has 1 aromatic heterocycles. The molecule has 0 atom stereocenters. The van der Waals surface area contributed by atoms with Gasteiger partial charge in [0.1, 0.15) is 17.2 Å². The van der Waals surface area contributed by atoms with Gasteiger partial charge >= 0.3 is 6.03 Å². The zero-order chi connectivity index (χ0) is 21.4. The third-order valence-electron chi connectivity index (χ3n) is 4.60. The van der Waals surface area contributed by atoms with E-state index in [1.807, 2.05) is 6.92 Å². The van der Waals surface area contributed by atoms with E-state index in [-0.39, 0.29) is 11.3 Å². The lowest BCUT2D eigenvalue weighted by atomic mass is 10.0. The fraction of sp³-hybridized carbons (Fsp3) is 0.0455. The minimum absolute atomic E-state index is 0.0299. The van der Waals surface area contributed by atoms with Gasteiger partial charge in [-0.25, -0.2) is 9.69 Å². The van der Waals surface area contributed by atoms with Crippen molar-refractivity contribution in [2.24, 2.45) is 0 Å². The molecule has 150 valence electrons. The van der Waals surface area contributed by atoms with E-state index in [1.165, 1.54) is 24.3 Å². The Morgan fingerprint density at radius 1 is 1.13 bits per heavy atom. The Morgan fingerprint density at radius 3 is 2.67 bits per heavy atom. The average molecular weight is 422 g/mol. The van der Waals surface area contributed by atoms with Crippen LogP contribution in [0.4, 0.5) is 10.5 Å². The molecule has 0 saturated carbocycles. The van der Waals surface area contributed by atoms with Crippen LogP contribution < -0.4 is 15.3 Å². The van der Waals surface area contributed by atoms with E-state index < -0.39 is 17.9 Å². The molecule has 1 saturated heterocycles. The Labute approximate surface area is 176 Å². The largest absolute Gasteiger partial charge is 0.545 e. The molecule has 30 heavy (non-hydrogen) atoms. The molecule has 1 N–H and O–H groups in total. The Kier molecular flexibility index (Phi) is 4.89. The topological polar surface area (TPSA) is 103 Å². The number of rotatable bonds is 4. The van der Waals surface area contributed by atoms with E-state index in [1.54, 1.807) is 36.4 Å². The Bertz CT molecular complexity index is 1230. The number of benzene rings is 2. The highest BCUT2D eigenvalue weighted by Crippen LogP contribution is 2.29. The number of imide groups is 1. The molecule has 1 aliphatic heterocycles. The first kappa shape index (κ1) is 19.5. The third kappa shape index (κ3) is 3.58. The van der Waals surface area contributed by atoms with Crippen molar-refractivity contribution in [3.63, 3.8) is 0 Å². The van der Waals surface area contributed by atoms with Crippen molar-refractivity contribution >= 4 is 41.3 Å². The fourth-order valence-electron chi connectivity index (χ4n) is 3.12. The number of halogens is 1. The van der Waals surface area contributed by atoms with Crippen LogP contribution >= 0.6 is 11.6 Å². The average Bonchev–Trinajstić information content (AvgIpc) is 3.26. The number of nitrogens with zero attached hydrogens (tertiary/aromatic N) is 1. The number of amides is 3. The molecule has 4 rings (SSSR count). The summed E-state index contributed by atoms with van der Waals surface area (Å²) < 4.78 is 5.76. The highest BCUT2D eigenvalue weighted by molar-refractivity contribution is 6.32. The summed E-state index contributed by atoms with van der Waals surface area (Å²) in [6.07, 6.45) is 1.41. The van der Waals surface area contributed by atoms with Crippen molar-refractivity contribution in [1.29, 1.82) is 0 Å². The number of urea groups is 1. The van der Waals surface area contributed by atoms with Crippen LogP contribution in [0.15, 0.2) is 64.7 Å². The van der Waals surface area contributed by atoms with Gasteiger partial charge < -0.3 is 19.6 Å². The summed E-state index contributed by atoms with van der Waals surface area (Å²) in [5.41, 5.74) is 1.82.